The minimum absolute atomic E-state index is 0.102. The quantitative estimate of drug-likeness (QED) is 0.0820. The predicted molar refractivity (Wildman–Crippen MR) is 137 cm³/mol. The van der Waals surface area contributed by atoms with Crippen molar-refractivity contribution in [1.29, 1.82) is 0 Å². The third-order valence-corrected chi connectivity index (χ3v) is 8.13. The van der Waals surface area contributed by atoms with E-state index in [1.54, 1.807) is 0 Å². The first-order valence-electron chi connectivity index (χ1n) is 11.1. The molecule has 0 radical (unpaired) electrons. The first-order chi connectivity index (χ1) is 16.2. The second-order valence-corrected chi connectivity index (χ2v) is 11.3. The number of aromatic nitrogens is 3. The molecule has 0 aromatic carbocycles. The van der Waals surface area contributed by atoms with Gasteiger partial charge in [-0.1, -0.05) is 11.8 Å². The highest BCUT2D eigenvalue weighted by Gasteiger charge is 2.10. The zero-order valence-corrected chi connectivity index (χ0v) is 22.4. The lowest BCUT2D eigenvalue weighted by Gasteiger charge is -2.16. The Morgan fingerprint density at radius 3 is 2.03 bits per heavy atom. The van der Waals surface area contributed by atoms with Crippen LogP contribution < -0.4 is 4.74 Å². The Kier molecular flexibility index (Phi) is 21.2. The van der Waals surface area contributed by atoms with Crippen LogP contribution in [0.4, 0.5) is 0 Å². The monoisotopic (exact) mass is 545 g/mol. The first-order valence-corrected chi connectivity index (χ1v) is 15.0. The fourth-order valence-corrected chi connectivity index (χ4v) is 6.05. The summed E-state index contributed by atoms with van der Waals surface area (Å²) < 4.78 is 21.9. The van der Waals surface area contributed by atoms with Crippen LogP contribution in [-0.4, -0.2) is 115 Å². The molecule has 0 spiro atoms. The zero-order chi connectivity index (χ0) is 24.0. The van der Waals surface area contributed by atoms with E-state index in [1.807, 2.05) is 0 Å². The molecule has 0 fully saturated rings. The molecule has 2 N–H and O–H groups in total. The number of ether oxygens (including phenoxy) is 4. The second kappa shape index (κ2) is 22.5. The highest BCUT2D eigenvalue weighted by molar-refractivity contribution is 7.99. The summed E-state index contributed by atoms with van der Waals surface area (Å²) in [5.74, 6) is 1.38. The number of thiol groups is 1. The van der Waals surface area contributed by atoms with E-state index in [9.17, 15) is 0 Å². The molecule has 1 aromatic rings. The second-order valence-electron chi connectivity index (χ2n) is 6.78. The van der Waals surface area contributed by atoms with Gasteiger partial charge in [-0.25, -0.2) is 0 Å². The van der Waals surface area contributed by atoms with Crippen molar-refractivity contribution in [3.63, 3.8) is 0 Å². The summed E-state index contributed by atoms with van der Waals surface area (Å²) in [5, 5.41) is 18.7. The molecule has 0 aliphatic heterocycles. The van der Waals surface area contributed by atoms with E-state index >= 15 is 0 Å². The molecule has 0 amide bonds. The van der Waals surface area contributed by atoms with Crippen molar-refractivity contribution < 1.29 is 29.2 Å². The van der Waals surface area contributed by atoms with Crippen molar-refractivity contribution in [1.82, 2.24) is 15.0 Å². The van der Waals surface area contributed by atoms with Gasteiger partial charge in [0.1, 0.15) is 0 Å². The molecular formula is C20H37ClN3O6PS2. The van der Waals surface area contributed by atoms with Crippen LogP contribution in [0.15, 0.2) is 5.16 Å². The molecule has 0 atom stereocenters. The predicted octanol–water partition coefficient (Wildman–Crippen LogP) is 2.61. The summed E-state index contributed by atoms with van der Waals surface area (Å²) in [6.07, 6.45) is 5.55. The SMILES string of the molecule is OCCCP(CCCO)CCCOc1nc(Cl)nc(SCCOCCOCCOCCS)n1. The van der Waals surface area contributed by atoms with Crippen LogP contribution in [0.2, 0.25) is 5.28 Å². The maximum atomic E-state index is 9.05. The third-order valence-electron chi connectivity index (χ3n) is 4.12. The average Bonchev–Trinajstić information content (AvgIpc) is 2.81. The van der Waals surface area contributed by atoms with Gasteiger partial charge in [0.2, 0.25) is 5.28 Å². The number of hydrogen-bond acceptors (Lipinski definition) is 11. The summed E-state index contributed by atoms with van der Waals surface area (Å²) in [6.45, 7) is 4.23. The maximum Gasteiger partial charge on any atom is 0.321 e. The van der Waals surface area contributed by atoms with E-state index in [-0.39, 0.29) is 32.4 Å². The van der Waals surface area contributed by atoms with Crippen LogP contribution in [0.25, 0.3) is 0 Å². The summed E-state index contributed by atoms with van der Waals surface area (Å²) in [6, 6.07) is 0.224. The number of aliphatic hydroxyl groups is 2. The summed E-state index contributed by atoms with van der Waals surface area (Å²) in [4.78, 5) is 12.5. The minimum atomic E-state index is -0.200. The molecule has 0 saturated heterocycles. The topological polar surface area (TPSA) is 116 Å². The Hall–Kier alpha value is 0.0300. The fourth-order valence-electron chi connectivity index (χ4n) is 2.62. The van der Waals surface area contributed by atoms with Crippen molar-refractivity contribution >= 4 is 43.9 Å². The molecule has 1 rings (SSSR count). The number of halogens is 1. The molecule has 1 heterocycles. The first kappa shape index (κ1) is 31.1. The molecule has 192 valence electrons. The van der Waals surface area contributed by atoms with E-state index in [0.717, 1.165) is 37.7 Å². The van der Waals surface area contributed by atoms with Gasteiger partial charge in [0, 0.05) is 24.7 Å². The maximum absolute atomic E-state index is 9.05. The highest BCUT2D eigenvalue weighted by atomic mass is 35.5. The van der Waals surface area contributed by atoms with Gasteiger partial charge in [-0.05, 0) is 49.3 Å². The van der Waals surface area contributed by atoms with Crippen LogP contribution in [0.5, 0.6) is 6.01 Å². The van der Waals surface area contributed by atoms with E-state index in [2.05, 4.69) is 27.6 Å². The van der Waals surface area contributed by atoms with Crippen LogP contribution in [0.3, 0.4) is 0 Å². The van der Waals surface area contributed by atoms with E-state index < -0.39 is 0 Å². The lowest BCUT2D eigenvalue weighted by molar-refractivity contribution is 0.0205. The van der Waals surface area contributed by atoms with Crippen molar-refractivity contribution in [3.8, 4) is 6.01 Å². The van der Waals surface area contributed by atoms with Gasteiger partial charge in [-0.15, -0.1) is 7.92 Å². The molecule has 1 aromatic heterocycles. The minimum Gasteiger partial charge on any atom is -0.463 e. The molecule has 0 bridgehead atoms. The molecule has 9 nitrogen and oxygen atoms in total. The van der Waals surface area contributed by atoms with Crippen LogP contribution in [0.1, 0.15) is 19.3 Å². The standard InChI is InChI=1S/C20H37ClN3O6PS2/c21-18-22-19(30-6-3-15-31(13-1-4-25)14-2-5-26)24-20(23-18)33-17-12-29-10-8-27-7-9-28-11-16-32/h25-26,32H,1-17H2. The van der Waals surface area contributed by atoms with Crippen LogP contribution >= 0.6 is 43.9 Å². The number of nitrogens with zero attached hydrogens (tertiary/aromatic N) is 3. The van der Waals surface area contributed by atoms with Gasteiger partial charge < -0.3 is 29.2 Å². The van der Waals surface area contributed by atoms with Gasteiger partial charge in [-0.2, -0.15) is 27.6 Å². The Morgan fingerprint density at radius 1 is 0.788 bits per heavy atom. The third kappa shape index (κ3) is 18.0. The molecule has 0 aliphatic carbocycles. The van der Waals surface area contributed by atoms with Gasteiger partial charge in [-0.3, -0.25) is 0 Å². The number of aliphatic hydroxyl groups excluding tert-OH is 2. The number of thioether (sulfide) groups is 1. The van der Waals surface area contributed by atoms with E-state index in [1.165, 1.54) is 11.8 Å². The van der Waals surface area contributed by atoms with Gasteiger partial charge in [0.05, 0.1) is 46.2 Å². The molecule has 13 heteroatoms. The van der Waals surface area contributed by atoms with Gasteiger partial charge in [0.15, 0.2) is 5.16 Å². The van der Waals surface area contributed by atoms with Crippen molar-refractivity contribution in [2.75, 3.05) is 89.5 Å². The lowest BCUT2D eigenvalue weighted by Crippen LogP contribution is -2.11. The van der Waals surface area contributed by atoms with Crippen molar-refractivity contribution in [3.05, 3.63) is 5.28 Å². The Labute approximate surface area is 212 Å². The van der Waals surface area contributed by atoms with Gasteiger partial charge in [0.25, 0.3) is 0 Å². The lowest BCUT2D eigenvalue weighted by atomic mass is 10.5. The summed E-state index contributed by atoms with van der Waals surface area (Å²) in [5.41, 5.74) is 0. The van der Waals surface area contributed by atoms with Crippen LogP contribution in [-0.2, 0) is 14.2 Å². The van der Waals surface area contributed by atoms with Crippen molar-refractivity contribution in [2.24, 2.45) is 0 Å². The van der Waals surface area contributed by atoms with Crippen molar-refractivity contribution in [2.45, 2.75) is 24.4 Å². The average molecular weight is 546 g/mol. The molecule has 0 unspecified atom stereocenters. The summed E-state index contributed by atoms with van der Waals surface area (Å²) >= 11 is 11.5. The largest absolute Gasteiger partial charge is 0.463 e. The Bertz CT molecular complexity index is 593. The Morgan fingerprint density at radius 2 is 1.39 bits per heavy atom. The fraction of sp³-hybridized carbons (Fsp3) is 0.850. The number of hydrogen-bond donors (Lipinski definition) is 3. The molecular weight excluding hydrogens is 509 g/mol. The van der Waals surface area contributed by atoms with E-state index in [4.69, 9.17) is 40.8 Å². The normalized spacial score (nSPS) is 11.4. The Balaban J connectivity index is 2.19. The molecule has 0 saturated carbocycles. The van der Waals surface area contributed by atoms with Crippen LogP contribution in [0, 0.1) is 0 Å². The summed E-state index contributed by atoms with van der Waals surface area (Å²) in [7, 11) is -0.200. The molecule has 33 heavy (non-hydrogen) atoms. The molecule has 0 aliphatic rings. The van der Waals surface area contributed by atoms with E-state index in [0.29, 0.717) is 62.9 Å². The van der Waals surface area contributed by atoms with Gasteiger partial charge >= 0.3 is 6.01 Å². The zero-order valence-electron chi connectivity index (χ0n) is 19.1. The smallest absolute Gasteiger partial charge is 0.321 e. The number of rotatable bonds is 23. The highest BCUT2D eigenvalue weighted by Crippen LogP contribution is 2.37.